The zero-order valence-corrected chi connectivity index (χ0v) is 10.8. The smallest absolute Gasteiger partial charge is 0.132 e. The van der Waals surface area contributed by atoms with Crippen LogP contribution in [0.25, 0.3) is 11.3 Å². The maximum absolute atomic E-state index is 14.0. The summed E-state index contributed by atoms with van der Waals surface area (Å²) in [5.74, 6) is 0.266. The van der Waals surface area contributed by atoms with E-state index >= 15 is 0 Å². The Balaban J connectivity index is 2.04. The normalized spacial score (nSPS) is 16.5. The molecule has 1 fully saturated rings. The van der Waals surface area contributed by atoms with Crippen molar-refractivity contribution in [2.45, 2.75) is 38.0 Å². The fourth-order valence-electron chi connectivity index (χ4n) is 2.93. The highest BCUT2D eigenvalue weighted by Crippen LogP contribution is 2.37. The van der Waals surface area contributed by atoms with Gasteiger partial charge in [-0.1, -0.05) is 31.4 Å². The van der Waals surface area contributed by atoms with Crippen LogP contribution in [-0.4, -0.2) is 9.97 Å². The van der Waals surface area contributed by atoms with Gasteiger partial charge in [-0.15, -0.1) is 0 Å². The number of hydrogen-bond donors (Lipinski definition) is 0. The maximum atomic E-state index is 14.0. The van der Waals surface area contributed by atoms with Crippen molar-refractivity contribution in [3.63, 3.8) is 0 Å². The van der Waals surface area contributed by atoms with Crippen LogP contribution < -0.4 is 0 Å². The molecule has 1 aromatic heterocycles. The fraction of sp³-hybridized carbons (Fsp3) is 0.375. The molecular formula is C16H17FN2. The van der Waals surface area contributed by atoms with Crippen molar-refractivity contribution in [3.8, 4) is 11.3 Å². The van der Waals surface area contributed by atoms with Gasteiger partial charge in [0.15, 0.2) is 0 Å². The first-order valence-corrected chi connectivity index (χ1v) is 6.91. The lowest BCUT2D eigenvalue weighted by Crippen LogP contribution is -2.08. The van der Waals surface area contributed by atoms with Gasteiger partial charge in [-0.2, -0.15) is 0 Å². The van der Waals surface area contributed by atoms with E-state index in [0.717, 1.165) is 24.1 Å². The summed E-state index contributed by atoms with van der Waals surface area (Å²) in [6.07, 6.45) is 9.49. The lowest BCUT2D eigenvalue weighted by molar-refractivity contribution is 0.442. The molecule has 0 radical (unpaired) electrons. The van der Waals surface area contributed by atoms with Gasteiger partial charge in [0, 0.05) is 11.8 Å². The van der Waals surface area contributed by atoms with Crippen LogP contribution in [0.5, 0.6) is 0 Å². The summed E-state index contributed by atoms with van der Waals surface area (Å²) >= 11 is 0. The van der Waals surface area contributed by atoms with E-state index in [4.69, 9.17) is 0 Å². The molecule has 2 aromatic rings. The van der Waals surface area contributed by atoms with E-state index in [0.29, 0.717) is 11.5 Å². The first-order valence-electron chi connectivity index (χ1n) is 6.91. The maximum Gasteiger partial charge on any atom is 0.132 e. The second kappa shape index (κ2) is 5.47. The third-order valence-electron chi connectivity index (χ3n) is 3.91. The summed E-state index contributed by atoms with van der Waals surface area (Å²) in [7, 11) is 0. The molecule has 3 rings (SSSR count). The molecule has 2 nitrogen and oxygen atoms in total. The summed E-state index contributed by atoms with van der Waals surface area (Å²) in [6, 6.07) is 6.84. The molecule has 1 aliphatic rings. The van der Waals surface area contributed by atoms with Crippen molar-refractivity contribution in [2.24, 2.45) is 0 Å². The Bertz CT molecular complexity index is 562. The third-order valence-corrected chi connectivity index (χ3v) is 3.91. The molecule has 1 saturated carbocycles. The molecule has 0 amide bonds. The van der Waals surface area contributed by atoms with Crippen molar-refractivity contribution in [1.29, 1.82) is 0 Å². The van der Waals surface area contributed by atoms with Gasteiger partial charge >= 0.3 is 0 Å². The Morgan fingerprint density at radius 3 is 2.63 bits per heavy atom. The van der Waals surface area contributed by atoms with E-state index in [9.17, 15) is 4.39 Å². The minimum Gasteiger partial charge on any atom is -0.244 e. The van der Waals surface area contributed by atoms with Crippen LogP contribution >= 0.6 is 0 Å². The number of benzene rings is 1. The molecule has 0 spiro atoms. The van der Waals surface area contributed by atoms with Gasteiger partial charge < -0.3 is 0 Å². The number of aromatic nitrogens is 2. The van der Waals surface area contributed by atoms with Crippen molar-refractivity contribution in [1.82, 2.24) is 9.97 Å². The molecule has 0 N–H and O–H groups in total. The SMILES string of the molecule is Fc1ccccc1-c1ncncc1C1CCCCC1. The standard InChI is InChI=1S/C16H17FN2/c17-15-9-5-4-8-13(15)16-14(10-18-11-19-16)12-6-2-1-3-7-12/h4-5,8-12H,1-3,6-7H2. The quantitative estimate of drug-likeness (QED) is 0.799. The van der Waals surface area contributed by atoms with Crippen LogP contribution in [0.2, 0.25) is 0 Å². The van der Waals surface area contributed by atoms with E-state index < -0.39 is 0 Å². The van der Waals surface area contributed by atoms with Gasteiger partial charge in [0.05, 0.1) is 5.69 Å². The van der Waals surface area contributed by atoms with Crippen LogP contribution in [-0.2, 0) is 0 Å². The van der Waals surface area contributed by atoms with E-state index in [1.54, 1.807) is 12.1 Å². The molecule has 1 aromatic carbocycles. The van der Waals surface area contributed by atoms with E-state index in [1.807, 2.05) is 12.3 Å². The van der Waals surface area contributed by atoms with Gasteiger partial charge in [-0.05, 0) is 36.5 Å². The number of nitrogens with zero attached hydrogens (tertiary/aromatic N) is 2. The summed E-state index contributed by atoms with van der Waals surface area (Å²) in [6.45, 7) is 0. The molecule has 0 aliphatic heterocycles. The Hall–Kier alpha value is -1.77. The Labute approximate surface area is 112 Å². The van der Waals surface area contributed by atoms with E-state index in [2.05, 4.69) is 9.97 Å². The first-order chi connectivity index (χ1) is 9.36. The van der Waals surface area contributed by atoms with Gasteiger partial charge in [0.1, 0.15) is 12.1 Å². The third kappa shape index (κ3) is 2.50. The Kier molecular flexibility index (Phi) is 3.53. The second-order valence-corrected chi connectivity index (χ2v) is 5.14. The van der Waals surface area contributed by atoms with Crippen LogP contribution in [0.15, 0.2) is 36.8 Å². The van der Waals surface area contributed by atoms with Crippen molar-refractivity contribution in [2.75, 3.05) is 0 Å². The zero-order valence-electron chi connectivity index (χ0n) is 10.8. The van der Waals surface area contributed by atoms with Crippen molar-refractivity contribution in [3.05, 3.63) is 48.2 Å². The highest BCUT2D eigenvalue weighted by molar-refractivity contribution is 5.63. The van der Waals surface area contributed by atoms with Gasteiger partial charge in [0.25, 0.3) is 0 Å². The lowest BCUT2D eigenvalue weighted by Gasteiger charge is -2.23. The predicted molar refractivity (Wildman–Crippen MR) is 73.3 cm³/mol. The monoisotopic (exact) mass is 256 g/mol. The van der Waals surface area contributed by atoms with Crippen molar-refractivity contribution < 1.29 is 4.39 Å². The number of hydrogen-bond acceptors (Lipinski definition) is 2. The average molecular weight is 256 g/mol. The van der Waals surface area contributed by atoms with Gasteiger partial charge in [-0.25, -0.2) is 14.4 Å². The second-order valence-electron chi connectivity index (χ2n) is 5.14. The van der Waals surface area contributed by atoms with Gasteiger partial charge in [0.2, 0.25) is 0 Å². The molecule has 1 aliphatic carbocycles. The molecule has 19 heavy (non-hydrogen) atoms. The van der Waals surface area contributed by atoms with Crippen LogP contribution in [0.1, 0.15) is 43.6 Å². The zero-order chi connectivity index (χ0) is 13.1. The lowest BCUT2D eigenvalue weighted by atomic mass is 9.83. The fourth-order valence-corrected chi connectivity index (χ4v) is 2.93. The highest BCUT2D eigenvalue weighted by atomic mass is 19.1. The van der Waals surface area contributed by atoms with E-state index in [-0.39, 0.29) is 5.82 Å². The highest BCUT2D eigenvalue weighted by Gasteiger charge is 2.21. The first kappa shape index (κ1) is 12.3. The van der Waals surface area contributed by atoms with Crippen molar-refractivity contribution >= 4 is 0 Å². The Morgan fingerprint density at radius 1 is 1.05 bits per heavy atom. The molecule has 1 heterocycles. The van der Waals surface area contributed by atoms with E-state index in [1.165, 1.54) is 31.7 Å². The van der Waals surface area contributed by atoms with Crippen LogP contribution in [0, 0.1) is 5.82 Å². The largest absolute Gasteiger partial charge is 0.244 e. The minimum atomic E-state index is -0.210. The predicted octanol–water partition coefficient (Wildman–Crippen LogP) is 4.33. The molecule has 0 bridgehead atoms. The number of rotatable bonds is 2. The van der Waals surface area contributed by atoms with Crippen LogP contribution in [0.3, 0.4) is 0 Å². The molecular weight excluding hydrogens is 239 g/mol. The molecule has 98 valence electrons. The minimum absolute atomic E-state index is 0.210. The molecule has 0 atom stereocenters. The van der Waals surface area contributed by atoms with Crippen LogP contribution in [0.4, 0.5) is 4.39 Å². The topological polar surface area (TPSA) is 25.8 Å². The summed E-state index contributed by atoms with van der Waals surface area (Å²) in [5.41, 5.74) is 2.46. The average Bonchev–Trinajstić information content (AvgIpc) is 2.49. The molecule has 0 unspecified atom stereocenters. The number of halogens is 1. The summed E-state index contributed by atoms with van der Waals surface area (Å²) in [5, 5.41) is 0. The Morgan fingerprint density at radius 2 is 1.84 bits per heavy atom. The summed E-state index contributed by atoms with van der Waals surface area (Å²) in [4.78, 5) is 8.48. The van der Waals surface area contributed by atoms with Gasteiger partial charge in [-0.3, -0.25) is 0 Å². The molecule has 3 heteroatoms. The molecule has 0 saturated heterocycles. The summed E-state index contributed by atoms with van der Waals surface area (Å²) < 4.78 is 14.0.